The molecule has 0 saturated carbocycles. The van der Waals surface area contributed by atoms with Crippen molar-refractivity contribution >= 4 is 11.0 Å². The number of aromatic nitrogens is 4. The van der Waals surface area contributed by atoms with Gasteiger partial charge in [-0.05, 0) is 30.7 Å². The molecule has 0 spiro atoms. The molecule has 0 aliphatic heterocycles. The van der Waals surface area contributed by atoms with E-state index in [4.69, 9.17) is 5.73 Å². The van der Waals surface area contributed by atoms with Gasteiger partial charge < -0.3 is 10.3 Å². The molecule has 0 saturated heterocycles. The number of hydrogen-bond acceptors (Lipinski definition) is 3. The Kier molecular flexibility index (Phi) is 2.83. The smallest absolute Gasteiger partial charge is 0.0956 e. The van der Waals surface area contributed by atoms with Gasteiger partial charge in [0.25, 0.3) is 0 Å². The summed E-state index contributed by atoms with van der Waals surface area (Å²) in [5, 5.41) is 4.54. The maximum absolute atomic E-state index is 5.66. The maximum atomic E-state index is 5.66. The predicted octanol–water partition coefficient (Wildman–Crippen LogP) is 1.47. The van der Waals surface area contributed by atoms with Gasteiger partial charge in [0.05, 0.1) is 23.1 Å². The molecule has 0 fully saturated rings. The summed E-state index contributed by atoms with van der Waals surface area (Å²) in [7, 11) is 3.93. The first kappa shape index (κ1) is 11.9. The number of hydrogen-bond donors (Lipinski definition) is 1. The third kappa shape index (κ3) is 2.02. The molecule has 2 N–H and O–H groups in total. The Morgan fingerprint density at radius 2 is 2.11 bits per heavy atom. The molecule has 0 unspecified atom stereocenters. The number of nitrogens with two attached hydrogens (primary N) is 1. The summed E-state index contributed by atoms with van der Waals surface area (Å²) in [5.74, 6) is 0. The molecule has 1 aromatic carbocycles. The molecule has 19 heavy (non-hydrogen) atoms. The summed E-state index contributed by atoms with van der Waals surface area (Å²) in [4.78, 5) is 4.39. The van der Waals surface area contributed by atoms with Crippen LogP contribution in [0.4, 0.5) is 0 Å². The number of benzene rings is 1. The fourth-order valence-electron chi connectivity index (χ4n) is 2.40. The molecule has 5 nitrogen and oxygen atoms in total. The van der Waals surface area contributed by atoms with Crippen LogP contribution in [0.5, 0.6) is 0 Å². The maximum Gasteiger partial charge on any atom is 0.0956 e. The van der Waals surface area contributed by atoms with Crippen LogP contribution in [0.15, 0.2) is 30.7 Å². The van der Waals surface area contributed by atoms with Crippen molar-refractivity contribution in [2.45, 2.75) is 6.42 Å². The van der Waals surface area contributed by atoms with E-state index in [1.165, 1.54) is 5.56 Å². The van der Waals surface area contributed by atoms with Crippen LogP contribution < -0.4 is 5.73 Å². The highest BCUT2D eigenvalue weighted by molar-refractivity contribution is 5.81. The van der Waals surface area contributed by atoms with Crippen LogP contribution in [-0.4, -0.2) is 25.9 Å². The van der Waals surface area contributed by atoms with E-state index in [0.717, 1.165) is 28.7 Å². The first-order valence-corrected chi connectivity index (χ1v) is 6.33. The van der Waals surface area contributed by atoms with Crippen LogP contribution in [0.1, 0.15) is 5.56 Å². The minimum atomic E-state index is 0.629. The molecule has 0 aliphatic carbocycles. The second-order valence-corrected chi connectivity index (χ2v) is 4.77. The SMILES string of the molecule is Cn1cc(CCN)c(-c2ccc3c(c2)ncn3C)n1. The lowest BCUT2D eigenvalue weighted by atomic mass is 10.1. The number of fused-ring (bicyclic) bond motifs is 1. The van der Waals surface area contributed by atoms with Crippen molar-refractivity contribution in [1.82, 2.24) is 19.3 Å². The van der Waals surface area contributed by atoms with Crippen molar-refractivity contribution in [3.63, 3.8) is 0 Å². The molecular weight excluding hydrogens is 238 g/mol. The summed E-state index contributed by atoms with van der Waals surface area (Å²) >= 11 is 0. The number of aryl methyl sites for hydroxylation is 2. The topological polar surface area (TPSA) is 61.7 Å². The molecule has 2 aromatic heterocycles. The standard InChI is InChI=1S/C14H17N5/c1-18-9-16-12-7-10(3-4-13(12)18)14-11(5-6-15)8-19(2)17-14/h3-4,7-9H,5-6,15H2,1-2H3. The van der Waals surface area contributed by atoms with Crippen molar-refractivity contribution in [2.24, 2.45) is 19.8 Å². The van der Waals surface area contributed by atoms with Gasteiger partial charge in [0.15, 0.2) is 0 Å². The van der Waals surface area contributed by atoms with Gasteiger partial charge in [-0.15, -0.1) is 0 Å². The normalized spacial score (nSPS) is 11.3. The zero-order valence-electron chi connectivity index (χ0n) is 11.2. The molecule has 0 bridgehead atoms. The van der Waals surface area contributed by atoms with Crippen LogP contribution in [-0.2, 0) is 20.5 Å². The summed E-state index contributed by atoms with van der Waals surface area (Å²) in [6, 6.07) is 6.25. The van der Waals surface area contributed by atoms with Crippen molar-refractivity contribution in [2.75, 3.05) is 6.54 Å². The van der Waals surface area contributed by atoms with Crippen LogP contribution in [0.2, 0.25) is 0 Å². The van der Waals surface area contributed by atoms with Crippen LogP contribution in [0.25, 0.3) is 22.3 Å². The van der Waals surface area contributed by atoms with Gasteiger partial charge in [0, 0.05) is 25.9 Å². The van der Waals surface area contributed by atoms with Crippen molar-refractivity contribution in [3.8, 4) is 11.3 Å². The lowest BCUT2D eigenvalue weighted by Gasteiger charge is -2.02. The summed E-state index contributed by atoms with van der Waals surface area (Å²) in [6.45, 7) is 0.629. The van der Waals surface area contributed by atoms with Gasteiger partial charge in [-0.25, -0.2) is 4.98 Å². The lowest BCUT2D eigenvalue weighted by Crippen LogP contribution is -2.02. The summed E-state index contributed by atoms with van der Waals surface area (Å²) < 4.78 is 3.85. The minimum absolute atomic E-state index is 0.629. The second-order valence-electron chi connectivity index (χ2n) is 4.77. The molecule has 98 valence electrons. The molecule has 3 rings (SSSR count). The Morgan fingerprint density at radius 1 is 1.26 bits per heavy atom. The molecule has 0 amide bonds. The fourth-order valence-corrected chi connectivity index (χ4v) is 2.40. The van der Waals surface area contributed by atoms with Crippen LogP contribution >= 0.6 is 0 Å². The van der Waals surface area contributed by atoms with Gasteiger partial charge in [0.2, 0.25) is 0 Å². The number of nitrogens with zero attached hydrogens (tertiary/aromatic N) is 4. The molecule has 3 aromatic rings. The van der Waals surface area contributed by atoms with E-state index in [1.807, 2.05) is 35.9 Å². The largest absolute Gasteiger partial charge is 0.334 e. The monoisotopic (exact) mass is 255 g/mol. The van der Waals surface area contributed by atoms with Crippen molar-refractivity contribution in [3.05, 3.63) is 36.3 Å². The van der Waals surface area contributed by atoms with E-state index in [9.17, 15) is 0 Å². The average molecular weight is 255 g/mol. The van der Waals surface area contributed by atoms with Crippen LogP contribution in [0, 0.1) is 0 Å². The molecule has 0 atom stereocenters. The molecule has 0 aliphatic rings. The van der Waals surface area contributed by atoms with E-state index >= 15 is 0 Å². The van der Waals surface area contributed by atoms with Gasteiger partial charge in [-0.3, -0.25) is 4.68 Å². The Labute approximate surface area is 111 Å². The lowest BCUT2D eigenvalue weighted by molar-refractivity contribution is 0.769. The first-order chi connectivity index (χ1) is 9.19. The Morgan fingerprint density at radius 3 is 2.89 bits per heavy atom. The molecule has 2 heterocycles. The third-order valence-electron chi connectivity index (χ3n) is 3.32. The van der Waals surface area contributed by atoms with Gasteiger partial charge >= 0.3 is 0 Å². The van der Waals surface area contributed by atoms with E-state index in [2.05, 4.69) is 28.3 Å². The quantitative estimate of drug-likeness (QED) is 0.771. The zero-order valence-corrected chi connectivity index (χ0v) is 11.2. The molecule has 0 radical (unpaired) electrons. The Balaban J connectivity index is 2.13. The van der Waals surface area contributed by atoms with Crippen molar-refractivity contribution in [1.29, 1.82) is 0 Å². The first-order valence-electron chi connectivity index (χ1n) is 6.33. The second kappa shape index (κ2) is 4.51. The van der Waals surface area contributed by atoms with Gasteiger partial charge in [-0.2, -0.15) is 5.10 Å². The van der Waals surface area contributed by atoms with Gasteiger partial charge in [-0.1, -0.05) is 6.07 Å². The Bertz CT molecular complexity index is 723. The highest BCUT2D eigenvalue weighted by Gasteiger charge is 2.11. The van der Waals surface area contributed by atoms with E-state index in [1.54, 1.807) is 0 Å². The summed E-state index contributed by atoms with van der Waals surface area (Å²) in [5.41, 5.74) is 11.0. The highest BCUT2D eigenvalue weighted by atomic mass is 15.3. The number of imidazole rings is 1. The summed E-state index contributed by atoms with van der Waals surface area (Å²) in [6.07, 6.45) is 4.70. The van der Waals surface area contributed by atoms with E-state index in [0.29, 0.717) is 6.54 Å². The van der Waals surface area contributed by atoms with Crippen molar-refractivity contribution < 1.29 is 0 Å². The van der Waals surface area contributed by atoms with E-state index < -0.39 is 0 Å². The van der Waals surface area contributed by atoms with Gasteiger partial charge in [0.1, 0.15) is 0 Å². The average Bonchev–Trinajstić information content (AvgIpc) is 2.94. The zero-order chi connectivity index (χ0) is 13.4. The van der Waals surface area contributed by atoms with E-state index in [-0.39, 0.29) is 0 Å². The third-order valence-corrected chi connectivity index (χ3v) is 3.32. The fraction of sp³-hybridized carbons (Fsp3) is 0.286. The predicted molar refractivity (Wildman–Crippen MR) is 75.7 cm³/mol. The molecule has 5 heteroatoms. The highest BCUT2D eigenvalue weighted by Crippen LogP contribution is 2.25. The minimum Gasteiger partial charge on any atom is -0.334 e. The Hall–Kier alpha value is -2.14. The van der Waals surface area contributed by atoms with Crippen LogP contribution in [0.3, 0.4) is 0 Å². The number of rotatable bonds is 3. The molecular formula is C14H17N5.